The summed E-state index contributed by atoms with van der Waals surface area (Å²) in [6.07, 6.45) is 0. The van der Waals surface area contributed by atoms with Gasteiger partial charge >= 0.3 is 0 Å². The average Bonchev–Trinajstić information content (AvgIpc) is 2.55. The predicted molar refractivity (Wildman–Crippen MR) is 118 cm³/mol. The van der Waals surface area contributed by atoms with Crippen molar-refractivity contribution in [1.29, 1.82) is 0 Å². The number of aliphatic imine (C=N–C) groups is 1. The molecule has 1 aromatic rings. The van der Waals surface area contributed by atoms with Crippen molar-refractivity contribution in [3.63, 3.8) is 0 Å². The van der Waals surface area contributed by atoms with Crippen LogP contribution in [0, 0.1) is 0 Å². The van der Waals surface area contributed by atoms with Gasteiger partial charge in [-0.3, -0.25) is 0 Å². The molecule has 1 aliphatic heterocycles. The third kappa shape index (κ3) is 5.39. The molecule has 0 radical (unpaired) electrons. The Balaban J connectivity index is 0.00000338. The molecule has 0 spiro atoms. The van der Waals surface area contributed by atoms with Crippen molar-refractivity contribution in [2.24, 2.45) is 4.99 Å². The van der Waals surface area contributed by atoms with Crippen LogP contribution >= 0.6 is 35.6 Å². The molecule has 0 atom stereocenters. The minimum absolute atomic E-state index is 0. The summed E-state index contributed by atoms with van der Waals surface area (Å²) in [5.41, 5.74) is 0.922. The summed E-state index contributed by atoms with van der Waals surface area (Å²) in [4.78, 5) is 6.68. The van der Waals surface area contributed by atoms with E-state index in [-0.39, 0.29) is 29.7 Å². The SMILES string of the molecule is CCNC(=NCc1ccc(Cl)cc1OC)N1CCS(=O)(=O)C(C)(C)C1.I. The van der Waals surface area contributed by atoms with Gasteiger partial charge in [0.25, 0.3) is 0 Å². The first-order chi connectivity index (χ1) is 11.7. The fourth-order valence-corrected chi connectivity index (χ4v) is 4.29. The van der Waals surface area contributed by atoms with Crippen molar-refractivity contribution >= 4 is 51.4 Å². The zero-order valence-electron chi connectivity index (χ0n) is 15.6. The molecule has 26 heavy (non-hydrogen) atoms. The van der Waals surface area contributed by atoms with Crippen LogP contribution in [0.1, 0.15) is 26.3 Å². The number of hydrogen-bond donors (Lipinski definition) is 1. The third-order valence-electron chi connectivity index (χ3n) is 4.33. The van der Waals surface area contributed by atoms with Crippen molar-refractivity contribution in [3.8, 4) is 5.75 Å². The highest BCUT2D eigenvalue weighted by Gasteiger charge is 2.40. The normalized spacial score (nSPS) is 18.8. The van der Waals surface area contributed by atoms with Crippen LogP contribution in [-0.4, -0.2) is 56.5 Å². The number of nitrogens with one attached hydrogen (secondary N) is 1. The Hall–Kier alpha value is -0.740. The van der Waals surface area contributed by atoms with E-state index in [1.165, 1.54) is 0 Å². The Kier molecular flexibility index (Phi) is 8.47. The summed E-state index contributed by atoms with van der Waals surface area (Å²) in [5, 5.41) is 3.86. The summed E-state index contributed by atoms with van der Waals surface area (Å²) >= 11 is 5.99. The number of nitrogens with zero attached hydrogens (tertiary/aromatic N) is 2. The van der Waals surface area contributed by atoms with E-state index in [2.05, 4.69) is 10.3 Å². The Morgan fingerprint density at radius 1 is 1.42 bits per heavy atom. The molecule has 1 saturated heterocycles. The summed E-state index contributed by atoms with van der Waals surface area (Å²) < 4.78 is 29.0. The zero-order chi connectivity index (χ0) is 18.7. The van der Waals surface area contributed by atoms with Gasteiger partial charge in [0.1, 0.15) is 5.75 Å². The Morgan fingerprint density at radius 2 is 2.12 bits per heavy atom. The highest BCUT2D eigenvalue weighted by Crippen LogP contribution is 2.25. The maximum atomic E-state index is 12.2. The summed E-state index contributed by atoms with van der Waals surface area (Å²) in [6.45, 7) is 7.51. The van der Waals surface area contributed by atoms with Gasteiger partial charge in [0.2, 0.25) is 0 Å². The predicted octanol–water partition coefficient (Wildman–Crippen LogP) is 2.94. The molecule has 0 aromatic heterocycles. The van der Waals surface area contributed by atoms with Crippen molar-refractivity contribution in [2.45, 2.75) is 32.1 Å². The van der Waals surface area contributed by atoms with Gasteiger partial charge in [-0.1, -0.05) is 17.7 Å². The lowest BCUT2D eigenvalue weighted by Gasteiger charge is -2.39. The number of benzene rings is 1. The van der Waals surface area contributed by atoms with Crippen molar-refractivity contribution in [3.05, 3.63) is 28.8 Å². The number of rotatable bonds is 4. The van der Waals surface area contributed by atoms with E-state index in [4.69, 9.17) is 16.3 Å². The first kappa shape index (κ1) is 23.3. The molecule has 148 valence electrons. The van der Waals surface area contributed by atoms with Gasteiger partial charge in [-0.25, -0.2) is 13.4 Å². The molecule has 1 aliphatic rings. The molecule has 1 N–H and O–H groups in total. The fraction of sp³-hybridized carbons (Fsp3) is 0.588. The summed E-state index contributed by atoms with van der Waals surface area (Å²) in [7, 11) is -1.48. The molecule has 0 bridgehead atoms. The molecular formula is C17H27ClIN3O3S. The van der Waals surface area contributed by atoms with Crippen LogP contribution in [0.3, 0.4) is 0 Å². The van der Waals surface area contributed by atoms with Crippen molar-refractivity contribution in [2.75, 3.05) is 32.5 Å². The molecule has 0 unspecified atom stereocenters. The molecule has 0 amide bonds. The number of guanidine groups is 1. The Bertz CT molecular complexity index is 754. The van der Waals surface area contributed by atoms with E-state index >= 15 is 0 Å². The number of sulfone groups is 1. The molecule has 6 nitrogen and oxygen atoms in total. The molecule has 2 rings (SSSR count). The van der Waals surface area contributed by atoms with E-state index in [0.29, 0.717) is 42.9 Å². The molecular weight excluding hydrogens is 489 g/mol. The third-order valence-corrected chi connectivity index (χ3v) is 7.09. The smallest absolute Gasteiger partial charge is 0.194 e. The van der Waals surface area contributed by atoms with E-state index in [1.807, 2.05) is 17.9 Å². The van der Waals surface area contributed by atoms with Gasteiger partial charge in [0.05, 0.1) is 24.2 Å². The molecule has 1 fully saturated rings. The second kappa shape index (κ2) is 9.45. The van der Waals surface area contributed by atoms with Gasteiger partial charge in [-0.15, -0.1) is 24.0 Å². The van der Waals surface area contributed by atoms with E-state index in [1.54, 1.807) is 33.1 Å². The molecule has 0 aliphatic carbocycles. The van der Waals surface area contributed by atoms with Crippen LogP contribution in [0.25, 0.3) is 0 Å². The Labute approximate surface area is 178 Å². The monoisotopic (exact) mass is 515 g/mol. The van der Waals surface area contributed by atoms with E-state index in [9.17, 15) is 8.42 Å². The first-order valence-corrected chi connectivity index (χ1v) is 10.3. The average molecular weight is 516 g/mol. The lowest BCUT2D eigenvalue weighted by molar-refractivity contribution is 0.353. The molecule has 1 aromatic carbocycles. The van der Waals surface area contributed by atoms with Gasteiger partial charge in [-0.05, 0) is 32.9 Å². The second-order valence-electron chi connectivity index (χ2n) is 6.63. The minimum atomic E-state index is -3.08. The number of hydrogen-bond acceptors (Lipinski definition) is 4. The summed E-state index contributed by atoms with van der Waals surface area (Å²) in [6, 6.07) is 5.45. The van der Waals surface area contributed by atoms with Crippen LogP contribution in [-0.2, 0) is 16.4 Å². The summed E-state index contributed by atoms with van der Waals surface area (Å²) in [5.74, 6) is 1.53. The highest BCUT2D eigenvalue weighted by molar-refractivity contribution is 14.0. The van der Waals surface area contributed by atoms with Crippen LogP contribution in [0.5, 0.6) is 5.75 Å². The number of halogens is 2. The molecule has 9 heteroatoms. The second-order valence-corrected chi connectivity index (χ2v) is 9.81. The van der Waals surface area contributed by atoms with Crippen LogP contribution < -0.4 is 10.1 Å². The van der Waals surface area contributed by atoms with Crippen LogP contribution in [0.4, 0.5) is 0 Å². The van der Waals surface area contributed by atoms with Gasteiger partial charge in [0, 0.05) is 30.2 Å². The van der Waals surface area contributed by atoms with Crippen LogP contribution in [0.2, 0.25) is 5.02 Å². The lowest BCUT2D eigenvalue weighted by Crippen LogP contribution is -2.57. The van der Waals surface area contributed by atoms with Gasteiger partial charge in [0.15, 0.2) is 15.8 Å². The largest absolute Gasteiger partial charge is 0.496 e. The molecule has 0 saturated carbocycles. The number of methoxy groups -OCH3 is 1. The molecule has 1 heterocycles. The Morgan fingerprint density at radius 3 is 2.69 bits per heavy atom. The quantitative estimate of drug-likeness (QED) is 0.379. The lowest BCUT2D eigenvalue weighted by atomic mass is 10.2. The van der Waals surface area contributed by atoms with Gasteiger partial charge < -0.3 is 15.0 Å². The zero-order valence-corrected chi connectivity index (χ0v) is 19.5. The maximum absolute atomic E-state index is 12.2. The minimum Gasteiger partial charge on any atom is -0.496 e. The first-order valence-electron chi connectivity index (χ1n) is 8.28. The van der Waals surface area contributed by atoms with Crippen molar-refractivity contribution < 1.29 is 13.2 Å². The van der Waals surface area contributed by atoms with Crippen LogP contribution in [0.15, 0.2) is 23.2 Å². The fourth-order valence-electron chi connectivity index (χ4n) is 2.76. The topological polar surface area (TPSA) is 71.0 Å². The van der Waals surface area contributed by atoms with E-state index < -0.39 is 14.6 Å². The van der Waals surface area contributed by atoms with E-state index in [0.717, 1.165) is 5.56 Å². The van der Waals surface area contributed by atoms with Crippen molar-refractivity contribution in [1.82, 2.24) is 10.2 Å². The van der Waals surface area contributed by atoms with Gasteiger partial charge in [-0.2, -0.15) is 0 Å². The standard InChI is InChI=1S/C17H26ClN3O3S.HI/c1-5-19-16(21-8-9-25(22,23)17(2,3)12-21)20-11-13-6-7-14(18)10-15(13)24-4;/h6-7,10H,5,8-9,11-12H2,1-4H3,(H,19,20);1H. The number of ether oxygens (including phenoxy) is 1. The highest BCUT2D eigenvalue weighted by atomic mass is 127. The maximum Gasteiger partial charge on any atom is 0.194 e.